The summed E-state index contributed by atoms with van der Waals surface area (Å²) in [6, 6.07) is 11.0. The third kappa shape index (κ3) is 4.71. The summed E-state index contributed by atoms with van der Waals surface area (Å²) in [5, 5.41) is 11.3. The van der Waals surface area contributed by atoms with Gasteiger partial charge in [0, 0.05) is 18.3 Å². The number of aliphatic hydroxyl groups is 1. The molecular weight excluding hydrogens is 352 g/mol. The highest BCUT2D eigenvalue weighted by Crippen LogP contribution is 2.26. The second-order valence-corrected chi connectivity index (χ2v) is 6.79. The van der Waals surface area contributed by atoms with Gasteiger partial charge in [-0.1, -0.05) is 18.2 Å². The van der Waals surface area contributed by atoms with Crippen molar-refractivity contribution >= 4 is 29.0 Å². The predicted octanol–water partition coefficient (Wildman–Crippen LogP) is 3.08. The number of pyridine rings is 1. The smallest absolute Gasteiger partial charge is 0.290 e. The number of amides is 2. The van der Waals surface area contributed by atoms with Crippen LogP contribution in [0.3, 0.4) is 0 Å². The van der Waals surface area contributed by atoms with Gasteiger partial charge in [0.15, 0.2) is 0 Å². The van der Waals surface area contributed by atoms with Gasteiger partial charge in [-0.15, -0.1) is 0 Å². The van der Waals surface area contributed by atoms with Crippen LogP contribution in [0, 0.1) is 0 Å². The number of aliphatic hydroxyl groups excluding tert-OH is 1. The van der Waals surface area contributed by atoms with Crippen LogP contribution in [-0.2, 0) is 11.2 Å². The van der Waals surface area contributed by atoms with E-state index in [1.165, 1.54) is 0 Å². The molecular formula is C19H18N2O4S. The molecule has 7 heteroatoms. The second-order valence-electron chi connectivity index (χ2n) is 5.78. The molecule has 2 heterocycles. The van der Waals surface area contributed by atoms with E-state index in [1.54, 1.807) is 19.2 Å². The number of benzene rings is 1. The van der Waals surface area contributed by atoms with Gasteiger partial charge in [0.1, 0.15) is 5.75 Å². The number of ether oxygens (including phenoxy) is 1. The number of nitrogens with zero attached hydrogens (tertiary/aromatic N) is 1. The zero-order chi connectivity index (χ0) is 18.5. The lowest BCUT2D eigenvalue weighted by Gasteiger charge is -2.08. The first kappa shape index (κ1) is 18.2. The summed E-state index contributed by atoms with van der Waals surface area (Å²) in [5.74, 6) is 0.349. The summed E-state index contributed by atoms with van der Waals surface area (Å²) in [4.78, 5) is 27.4. The molecule has 2 amide bonds. The summed E-state index contributed by atoms with van der Waals surface area (Å²) in [5.41, 5.74) is 2.50. The van der Waals surface area contributed by atoms with Crippen LogP contribution in [0.1, 0.15) is 29.8 Å². The molecule has 0 bridgehead atoms. The Balaban J connectivity index is 1.52. The first-order chi connectivity index (χ1) is 12.5. The van der Waals surface area contributed by atoms with Gasteiger partial charge in [0.2, 0.25) is 0 Å². The molecule has 26 heavy (non-hydrogen) atoms. The van der Waals surface area contributed by atoms with E-state index in [4.69, 9.17) is 4.74 Å². The molecule has 1 aliphatic rings. The fourth-order valence-corrected chi connectivity index (χ4v) is 3.02. The number of carbonyl (C=O) groups is 2. The van der Waals surface area contributed by atoms with Crippen molar-refractivity contribution in [1.29, 1.82) is 0 Å². The lowest BCUT2D eigenvalue weighted by Crippen LogP contribution is -2.17. The summed E-state index contributed by atoms with van der Waals surface area (Å²) in [6.45, 7) is 2.18. The van der Waals surface area contributed by atoms with Crippen molar-refractivity contribution in [2.45, 2.75) is 19.4 Å². The van der Waals surface area contributed by atoms with Gasteiger partial charge in [-0.05, 0) is 54.1 Å². The van der Waals surface area contributed by atoms with Gasteiger partial charge in [-0.25, -0.2) is 0 Å². The van der Waals surface area contributed by atoms with Crippen LogP contribution >= 0.6 is 11.8 Å². The molecule has 1 fully saturated rings. The van der Waals surface area contributed by atoms with E-state index in [9.17, 15) is 14.7 Å². The minimum atomic E-state index is -0.520. The predicted molar refractivity (Wildman–Crippen MR) is 99.6 cm³/mol. The number of carbonyl (C=O) groups excluding carboxylic acids is 2. The summed E-state index contributed by atoms with van der Waals surface area (Å²) in [7, 11) is 0. The molecule has 6 nitrogen and oxygen atoms in total. The second kappa shape index (κ2) is 8.16. The average Bonchev–Trinajstić information content (AvgIpc) is 2.94. The Morgan fingerprint density at radius 2 is 2.00 bits per heavy atom. The van der Waals surface area contributed by atoms with E-state index in [2.05, 4.69) is 10.3 Å². The zero-order valence-electron chi connectivity index (χ0n) is 14.1. The van der Waals surface area contributed by atoms with Crippen LogP contribution in [-0.4, -0.2) is 27.8 Å². The van der Waals surface area contributed by atoms with E-state index < -0.39 is 6.10 Å². The highest BCUT2D eigenvalue weighted by atomic mass is 32.2. The highest BCUT2D eigenvalue weighted by Gasteiger charge is 2.24. The number of rotatable bonds is 6. The molecule has 1 aromatic carbocycles. The largest absolute Gasteiger partial charge is 0.493 e. The number of imide groups is 1. The van der Waals surface area contributed by atoms with Crippen molar-refractivity contribution in [2.75, 3.05) is 6.61 Å². The minimum absolute atomic E-state index is 0.351. The molecule has 1 aliphatic heterocycles. The average molecular weight is 370 g/mol. The molecule has 134 valence electrons. The molecule has 1 atom stereocenters. The van der Waals surface area contributed by atoms with E-state index in [-0.39, 0.29) is 11.1 Å². The lowest BCUT2D eigenvalue weighted by molar-refractivity contribution is -0.115. The van der Waals surface area contributed by atoms with Crippen LogP contribution in [0.4, 0.5) is 4.79 Å². The van der Waals surface area contributed by atoms with E-state index in [0.717, 1.165) is 28.6 Å². The van der Waals surface area contributed by atoms with Crippen molar-refractivity contribution in [2.24, 2.45) is 0 Å². The topological polar surface area (TPSA) is 88.5 Å². The van der Waals surface area contributed by atoms with Crippen LogP contribution in [0.25, 0.3) is 6.08 Å². The van der Waals surface area contributed by atoms with E-state index >= 15 is 0 Å². The van der Waals surface area contributed by atoms with E-state index in [0.29, 0.717) is 23.7 Å². The molecule has 0 unspecified atom stereocenters. The van der Waals surface area contributed by atoms with Crippen LogP contribution < -0.4 is 10.1 Å². The maximum absolute atomic E-state index is 11.5. The number of hydrogen-bond acceptors (Lipinski definition) is 6. The Hall–Kier alpha value is -2.64. The molecule has 1 aromatic heterocycles. The SMILES string of the molecule is C[C@@H](O)c1ccc(CCOc2ccc(/C=C3\SC(=O)NC3=O)cc2)nc1. The summed E-state index contributed by atoms with van der Waals surface area (Å²) < 4.78 is 5.70. The molecule has 2 N–H and O–H groups in total. The third-order valence-corrected chi connectivity index (χ3v) is 4.59. The Labute approximate surface area is 155 Å². The molecule has 0 radical (unpaired) electrons. The molecule has 1 saturated heterocycles. The van der Waals surface area contributed by atoms with Gasteiger partial charge in [0.25, 0.3) is 11.1 Å². The Kier molecular flexibility index (Phi) is 5.70. The summed E-state index contributed by atoms with van der Waals surface area (Å²) in [6.07, 6.45) is 3.48. The van der Waals surface area contributed by atoms with Crippen LogP contribution in [0.5, 0.6) is 5.75 Å². The minimum Gasteiger partial charge on any atom is -0.493 e. The zero-order valence-corrected chi connectivity index (χ0v) is 15.0. The van der Waals surface area contributed by atoms with Gasteiger partial charge >= 0.3 is 0 Å². The van der Waals surface area contributed by atoms with Crippen molar-refractivity contribution in [3.63, 3.8) is 0 Å². The number of hydrogen-bond donors (Lipinski definition) is 2. The molecule has 0 saturated carbocycles. The number of nitrogens with one attached hydrogen (secondary N) is 1. The Morgan fingerprint density at radius 1 is 1.23 bits per heavy atom. The Bertz CT molecular complexity index is 830. The maximum Gasteiger partial charge on any atom is 0.290 e. The molecule has 3 rings (SSSR count). The summed E-state index contributed by atoms with van der Waals surface area (Å²) >= 11 is 0.895. The van der Waals surface area contributed by atoms with Crippen molar-refractivity contribution in [3.8, 4) is 5.75 Å². The lowest BCUT2D eigenvalue weighted by atomic mass is 10.1. The maximum atomic E-state index is 11.5. The first-order valence-corrected chi connectivity index (χ1v) is 8.93. The normalized spacial score (nSPS) is 16.6. The van der Waals surface area contributed by atoms with E-state index in [1.807, 2.05) is 36.4 Å². The fourth-order valence-electron chi connectivity index (χ4n) is 2.34. The van der Waals surface area contributed by atoms with Gasteiger partial charge in [-0.2, -0.15) is 0 Å². The molecule has 2 aromatic rings. The van der Waals surface area contributed by atoms with Gasteiger partial charge in [-0.3, -0.25) is 19.9 Å². The molecule has 0 aliphatic carbocycles. The third-order valence-electron chi connectivity index (χ3n) is 3.78. The van der Waals surface area contributed by atoms with Gasteiger partial charge < -0.3 is 9.84 Å². The Morgan fingerprint density at radius 3 is 2.58 bits per heavy atom. The van der Waals surface area contributed by atoms with Crippen LogP contribution in [0.2, 0.25) is 0 Å². The van der Waals surface area contributed by atoms with Gasteiger partial charge in [0.05, 0.1) is 17.6 Å². The van der Waals surface area contributed by atoms with Crippen molar-refractivity contribution in [1.82, 2.24) is 10.3 Å². The first-order valence-electron chi connectivity index (χ1n) is 8.12. The quantitative estimate of drug-likeness (QED) is 0.760. The number of aromatic nitrogens is 1. The fraction of sp³-hybridized carbons (Fsp3) is 0.211. The molecule has 0 spiro atoms. The van der Waals surface area contributed by atoms with Crippen molar-refractivity contribution < 1.29 is 19.4 Å². The van der Waals surface area contributed by atoms with Crippen LogP contribution in [0.15, 0.2) is 47.5 Å². The highest BCUT2D eigenvalue weighted by molar-refractivity contribution is 8.18. The van der Waals surface area contributed by atoms with Crippen molar-refractivity contribution in [3.05, 3.63) is 64.3 Å². The monoisotopic (exact) mass is 370 g/mol. The standard InChI is InChI=1S/C19H18N2O4S/c1-12(22)14-4-5-15(20-11-14)8-9-25-16-6-2-13(3-7-16)10-17-18(23)21-19(24)26-17/h2-7,10-12,22H,8-9H2,1H3,(H,21,23,24)/b17-10-/t12-/m1/s1. The number of thioether (sulfide) groups is 1.